The van der Waals surface area contributed by atoms with Gasteiger partial charge in [-0.3, -0.25) is 4.79 Å². The highest BCUT2D eigenvalue weighted by Gasteiger charge is 2.34. The molecule has 0 unspecified atom stereocenters. The van der Waals surface area contributed by atoms with Crippen LogP contribution in [-0.2, 0) is 33.8 Å². The van der Waals surface area contributed by atoms with Crippen molar-refractivity contribution < 1.29 is 31.1 Å². The number of para-hydroxylation sites is 1. The molecule has 0 bridgehead atoms. The highest BCUT2D eigenvalue weighted by atomic mass is 32.2. The number of carbonyl (C=O) groups excluding carboxylic acids is 1. The minimum atomic E-state index is -4.63. The lowest BCUT2D eigenvalue weighted by Gasteiger charge is -2.13. The summed E-state index contributed by atoms with van der Waals surface area (Å²) in [5.74, 6) is -0.843. The molecular weight excluding hydrogens is 575 g/mol. The van der Waals surface area contributed by atoms with Gasteiger partial charge in [-0.15, -0.1) is 0 Å². The van der Waals surface area contributed by atoms with Gasteiger partial charge in [-0.05, 0) is 55.6 Å². The molecule has 0 aliphatic rings. The van der Waals surface area contributed by atoms with Crippen molar-refractivity contribution in [2.45, 2.75) is 31.0 Å². The number of alkyl halides is 3. The van der Waals surface area contributed by atoms with Crippen LogP contribution >= 0.6 is 11.3 Å². The Labute approximate surface area is 240 Å². The van der Waals surface area contributed by atoms with Crippen LogP contribution in [0.1, 0.15) is 23.6 Å². The van der Waals surface area contributed by atoms with Crippen LogP contribution in [0.4, 0.5) is 18.3 Å². The maximum absolute atomic E-state index is 13.7. The van der Waals surface area contributed by atoms with Crippen LogP contribution in [0.15, 0.2) is 77.7 Å². The summed E-state index contributed by atoms with van der Waals surface area (Å²) >= 11 is 0.914. The molecule has 0 saturated carbocycles. The molecule has 3 aromatic carbocycles. The predicted molar refractivity (Wildman–Crippen MR) is 153 cm³/mol. The largest absolute Gasteiger partial charge is 0.444 e. The number of hydrogen-bond acceptors (Lipinski definition) is 7. The Morgan fingerprint density at radius 1 is 1.00 bits per heavy atom. The second-order valence-corrected chi connectivity index (χ2v) is 12.7. The van der Waals surface area contributed by atoms with E-state index in [0.29, 0.717) is 17.7 Å². The number of nitrogens with zero attached hydrogens (tertiary/aromatic N) is 2. The number of rotatable bonds is 10. The fraction of sp³-hybridized carbons (Fsp3) is 0.241. The lowest BCUT2D eigenvalue weighted by Crippen LogP contribution is -2.14. The first-order valence-electron chi connectivity index (χ1n) is 12.6. The number of carbonyl (C=O) groups is 1. The van der Waals surface area contributed by atoms with Gasteiger partial charge in [-0.1, -0.05) is 60.7 Å². The first-order chi connectivity index (χ1) is 19.4. The van der Waals surface area contributed by atoms with Gasteiger partial charge in [0, 0.05) is 12.1 Å². The van der Waals surface area contributed by atoms with E-state index in [1.807, 2.05) is 37.2 Å². The molecule has 4 rings (SSSR count). The number of sulfone groups is 1. The Kier molecular flexibility index (Phi) is 9.15. The number of ether oxygens (including phenoxy) is 1. The number of amides is 1. The normalized spacial score (nSPS) is 12.0. The lowest BCUT2D eigenvalue weighted by molar-refractivity contribution is -0.138. The van der Waals surface area contributed by atoms with E-state index in [0.717, 1.165) is 23.0 Å². The summed E-state index contributed by atoms with van der Waals surface area (Å²) in [5.41, 5.74) is 1.52. The van der Waals surface area contributed by atoms with Gasteiger partial charge < -0.3 is 15.0 Å². The van der Waals surface area contributed by atoms with E-state index in [2.05, 4.69) is 10.3 Å². The van der Waals surface area contributed by atoms with Crippen molar-refractivity contribution >= 4 is 32.2 Å². The topological polar surface area (TPSA) is 88.6 Å². The van der Waals surface area contributed by atoms with Crippen LogP contribution < -0.4 is 10.1 Å². The number of nitrogens with one attached hydrogen (secondary N) is 1. The first kappa shape index (κ1) is 30.2. The fourth-order valence-corrected chi connectivity index (χ4v) is 5.77. The zero-order chi connectivity index (χ0) is 29.8. The molecule has 0 spiro atoms. The summed E-state index contributed by atoms with van der Waals surface area (Å²) in [6.07, 6.45) is -4.69. The molecule has 216 valence electrons. The number of benzene rings is 3. The standard InChI is InChI=1S/C29H28F3N3O4S2/c1-4-41(37,38)22-14-12-19(13-15-22)17-25(36)33-28-34-26(21-9-7-8-20(16-21)18-35(2)3)27(40-28)39-24-11-6-5-10-23(24)29(30,31)32/h5-16H,4,17-18H2,1-3H3,(H,33,34,36). The van der Waals surface area contributed by atoms with Crippen LogP contribution in [0.25, 0.3) is 11.3 Å². The molecular formula is C29H28F3N3O4S2. The van der Waals surface area contributed by atoms with E-state index in [1.165, 1.54) is 30.3 Å². The number of halogens is 3. The molecule has 1 aromatic heterocycles. The molecule has 1 heterocycles. The van der Waals surface area contributed by atoms with Crippen LogP contribution in [-0.4, -0.2) is 44.1 Å². The maximum Gasteiger partial charge on any atom is 0.419 e. The SMILES string of the molecule is CCS(=O)(=O)c1ccc(CC(=O)Nc2nc(-c3cccc(CN(C)C)c3)c(Oc3ccccc3C(F)(F)F)s2)cc1. The highest BCUT2D eigenvalue weighted by molar-refractivity contribution is 7.91. The fourth-order valence-electron chi connectivity index (χ4n) is 4.01. The average molecular weight is 604 g/mol. The summed E-state index contributed by atoms with van der Waals surface area (Å²) in [6, 6.07) is 18.3. The Morgan fingerprint density at radius 3 is 2.37 bits per heavy atom. The summed E-state index contributed by atoms with van der Waals surface area (Å²) in [7, 11) is 0.473. The second kappa shape index (κ2) is 12.4. The van der Waals surface area contributed by atoms with Crippen molar-refractivity contribution in [1.82, 2.24) is 9.88 Å². The monoisotopic (exact) mass is 603 g/mol. The van der Waals surface area contributed by atoms with E-state index in [4.69, 9.17) is 4.74 Å². The molecule has 1 N–H and O–H groups in total. The third-order valence-corrected chi connectivity index (χ3v) is 8.56. The molecule has 0 saturated heterocycles. The van der Waals surface area contributed by atoms with Crippen molar-refractivity contribution in [3.63, 3.8) is 0 Å². The van der Waals surface area contributed by atoms with Gasteiger partial charge >= 0.3 is 6.18 Å². The predicted octanol–water partition coefficient (Wildman–Crippen LogP) is 6.66. The Balaban J connectivity index is 1.64. The molecule has 0 aliphatic carbocycles. The molecule has 0 atom stereocenters. The van der Waals surface area contributed by atoms with Gasteiger partial charge in [-0.2, -0.15) is 13.2 Å². The average Bonchev–Trinajstić information content (AvgIpc) is 3.30. The Bertz CT molecular complexity index is 1630. The highest BCUT2D eigenvalue weighted by Crippen LogP contribution is 2.44. The van der Waals surface area contributed by atoms with Crippen LogP contribution in [0.3, 0.4) is 0 Å². The minimum Gasteiger partial charge on any atom is -0.444 e. The van der Waals surface area contributed by atoms with Gasteiger partial charge in [0.05, 0.1) is 22.6 Å². The molecule has 41 heavy (non-hydrogen) atoms. The van der Waals surface area contributed by atoms with Crippen molar-refractivity contribution in [1.29, 1.82) is 0 Å². The van der Waals surface area contributed by atoms with Gasteiger partial charge in [0.25, 0.3) is 0 Å². The number of hydrogen-bond donors (Lipinski definition) is 1. The second-order valence-electron chi connectivity index (χ2n) is 9.46. The smallest absolute Gasteiger partial charge is 0.419 e. The molecule has 4 aromatic rings. The summed E-state index contributed by atoms with van der Waals surface area (Å²) in [5, 5.41) is 2.93. The quantitative estimate of drug-likeness (QED) is 0.218. The third-order valence-electron chi connectivity index (χ3n) is 5.96. The van der Waals surface area contributed by atoms with Crippen molar-refractivity contribution in [2.24, 2.45) is 0 Å². The Hall–Kier alpha value is -3.74. The molecule has 1 amide bonds. The van der Waals surface area contributed by atoms with Gasteiger partial charge in [0.2, 0.25) is 11.0 Å². The third kappa shape index (κ3) is 7.72. The van der Waals surface area contributed by atoms with E-state index >= 15 is 0 Å². The van der Waals surface area contributed by atoms with Crippen molar-refractivity contribution in [3.05, 3.63) is 89.5 Å². The van der Waals surface area contributed by atoms with E-state index in [-0.39, 0.29) is 38.7 Å². The lowest BCUT2D eigenvalue weighted by atomic mass is 10.1. The molecule has 0 fully saturated rings. The number of anilines is 1. The summed E-state index contributed by atoms with van der Waals surface area (Å²) in [4.78, 5) is 19.5. The minimum absolute atomic E-state index is 0.0326. The summed E-state index contributed by atoms with van der Waals surface area (Å²) in [6.45, 7) is 2.18. The first-order valence-corrected chi connectivity index (χ1v) is 15.0. The van der Waals surface area contributed by atoms with Crippen LogP contribution in [0.2, 0.25) is 0 Å². The maximum atomic E-state index is 13.7. The van der Waals surface area contributed by atoms with E-state index < -0.39 is 27.5 Å². The number of aromatic nitrogens is 1. The van der Waals surface area contributed by atoms with Gasteiger partial charge in [0.1, 0.15) is 11.4 Å². The van der Waals surface area contributed by atoms with Gasteiger partial charge in [0.15, 0.2) is 15.0 Å². The van der Waals surface area contributed by atoms with Crippen LogP contribution in [0, 0.1) is 0 Å². The number of thiazole rings is 1. The van der Waals surface area contributed by atoms with E-state index in [9.17, 15) is 26.4 Å². The molecule has 0 aliphatic heterocycles. The zero-order valence-corrected chi connectivity index (χ0v) is 24.2. The summed E-state index contributed by atoms with van der Waals surface area (Å²) < 4.78 is 70.9. The van der Waals surface area contributed by atoms with E-state index in [1.54, 1.807) is 25.1 Å². The molecule has 12 heteroatoms. The molecule has 0 radical (unpaired) electrons. The van der Waals surface area contributed by atoms with Crippen LogP contribution in [0.5, 0.6) is 10.8 Å². The molecule has 7 nitrogen and oxygen atoms in total. The van der Waals surface area contributed by atoms with Gasteiger partial charge in [-0.25, -0.2) is 13.4 Å². The zero-order valence-electron chi connectivity index (χ0n) is 22.5. The van der Waals surface area contributed by atoms with Crippen molar-refractivity contribution in [2.75, 3.05) is 25.2 Å². The van der Waals surface area contributed by atoms with Crippen molar-refractivity contribution in [3.8, 4) is 22.1 Å². The Morgan fingerprint density at radius 2 is 1.71 bits per heavy atom.